The van der Waals surface area contributed by atoms with Crippen LogP contribution in [0, 0.1) is 11.6 Å². The fourth-order valence-corrected chi connectivity index (χ4v) is 2.66. The van der Waals surface area contributed by atoms with Crippen LogP contribution >= 0.6 is 11.3 Å². The fourth-order valence-electron chi connectivity index (χ4n) is 1.89. The average Bonchev–Trinajstić information content (AvgIpc) is 2.82. The predicted octanol–water partition coefficient (Wildman–Crippen LogP) is 4.51. The first-order valence-corrected chi connectivity index (χ1v) is 6.50. The highest BCUT2D eigenvalue weighted by Gasteiger charge is 2.08. The molecule has 5 heteroatoms. The number of hydrogen-bond donors (Lipinski definition) is 2. The van der Waals surface area contributed by atoms with Gasteiger partial charge in [0.1, 0.15) is 5.82 Å². The van der Waals surface area contributed by atoms with Crippen molar-refractivity contribution >= 4 is 38.5 Å². The molecule has 3 aromatic rings. The summed E-state index contributed by atoms with van der Waals surface area (Å²) in [5, 5.41) is 6.00. The smallest absolute Gasteiger partial charge is 0.151 e. The monoisotopic (exact) mass is 276 g/mol. The zero-order valence-corrected chi connectivity index (χ0v) is 10.6. The topological polar surface area (TPSA) is 38.0 Å². The van der Waals surface area contributed by atoms with Crippen molar-refractivity contribution in [1.82, 2.24) is 0 Å². The lowest BCUT2D eigenvalue weighted by Crippen LogP contribution is -2.00. The van der Waals surface area contributed by atoms with Crippen molar-refractivity contribution < 1.29 is 8.78 Å². The van der Waals surface area contributed by atoms with Crippen molar-refractivity contribution in [3.8, 4) is 0 Å². The summed E-state index contributed by atoms with van der Waals surface area (Å²) >= 11 is 1.64. The van der Waals surface area contributed by atoms with Gasteiger partial charge in [0.05, 0.1) is 11.4 Å². The Morgan fingerprint density at radius 2 is 1.89 bits per heavy atom. The number of nitrogens with one attached hydrogen (secondary N) is 1. The third-order valence-corrected chi connectivity index (χ3v) is 3.72. The maximum absolute atomic E-state index is 13.3. The Morgan fingerprint density at radius 1 is 1.05 bits per heavy atom. The van der Waals surface area contributed by atoms with Gasteiger partial charge in [0.15, 0.2) is 5.82 Å². The molecule has 0 amide bonds. The molecule has 3 rings (SSSR count). The van der Waals surface area contributed by atoms with Gasteiger partial charge in [0, 0.05) is 16.5 Å². The quantitative estimate of drug-likeness (QED) is 0.676. The van der Waals surface area contributed by atoms with E-state index in [4.69, 9.17) is 5.73 Å². The minimum atomic E-state index is -0.765. The van der Waals surface area contributed by atoms with Gasteiger partial charge in [0.25, 0.3) is 0 Å². The summed E-state index contributed by atoms with van der Waals surface area (Å²) in [5.41, 5.74) is 6.47. The number of nitrogen functional groups attached to an aromatic ring is 1. The van der Waals surface area contributed by atoms with E-state index in [0.717, 1.165) is 21.8 Å². The predicted molar refractivity (Wildman–Crippen MR) is 75.9 cm³/mol. The van der Waals surface area contributed by atoms with Gasteiger partial charge in [-0.25, -0.2) is 8.78 Å². The Bertz CT molecular complexity index is 752. The minimum Gasteiger partial charge on any atom is -0.395 e. The Hall–Kier alpha value is -2.14. The van der Waals surface area contributed by atoms with Gasteiger partial charge in [-0.1, -0.05) is 0 Å². The van der Waals surface area contributed by atoms with E-state index < -0.39 is 11.6 Å². The van der Waals surface area contributed by atoms with Crippen molar-refractivity contribution in [1.29, 1.82) is 0 Å². The molecule has 0 unspecified atom stereocenters. The molecular weight excluding hydrogens is 266 g/mol. The molecule has 0 saturated heterocycles. The Kier molecular flexibility index (Phi) is 2.83. The SMILES string of the molecule is Nc1c(F)cc(F)cc1Nc1ccc2sccc2c1. The summed E-state index contributed by atoms with van der Waals surface area (Å²) in [6.07, 6.45) is 0. The summed E-state index contributed by atoms with van der Waals surface area (Å²) in [6.45, 7) is 0. The molecule has 0 aliphatic carbocycles. The third-order valence-electron chi connectivity index (χ3n) is 2.83. The standard InChI is InChI=1S/C14H10F2N2S/c15-9-6-11(16)14(17)12(7-9)18-10-1-2-13-8(5-10)3-4-19-13/h1-7,18H,17H2. The lowest BCUT2D eigenvalue weighted by atomic mass is 10.2. The van der Waals surface area contributed by atoms with E-state index in [-0.39, 0.29) is 11.4 Å². The molecule has 0 radical (unpaired) electrons. The summed E-state index contributed by atoms with van der Waals surface area (Å²) in [4.78, 5) is 0. The first-order valence-electron chi connectivity index (χ1n) is 5.62. The van der Waals surface area contributed by atoms with Crippen LogP contribution in [0.2, 0.25) is 0 Å². The number of anilines is 3. The molecule has 0 spiro atoms. The van der Waals surface area contributed by atoms with Crippen molar-refractivity contribution in [2.24, 2.45) is 0 Å². The Labute approximate surface area is 112 Å². The van der Waals surface area contributed by atoms with Crippen LogP contribution in [-0.2, 0) is 0 Å². The molecule has 0 atom stereocenters. The van der Waals surface area contributed by atoms with E-state index in [2.05, 4.69) is 5.32 Å². The normalized spacial score (nSPS) is 10.8. The summed E-state index contributed by atoms with van der Waals surface area (Å²) < 4.78 is 27.7. The maximum Gasteiger partial charge on any atom is 0.151 e. The van der Waals surface area contributed by atoms with E-state index in [1.54, 1.807) is 11.3 Å². The largest absolute Gasteiger partial charge is 0.395 e. The molecule has 0 aliphatic heterocycles. The van der Waals surface area contributed by atoms with E-state index in [9.17, 15) is 8.78 Å². The van der Waals surface area contributed by atoms with Crippen LogP contribution in [0.1, 0.15) is 0 Å². The van der Waals surface area contributed by atoms with Crippen LogP contribution in [0.15, 0.2) is 41.8 Å². The molecule has 2 nitrogen and oxygen atoms in total. The van der Waals surface area contributed by atoms with Crippen molar-refractivity contribution in [3.63, 3.8) is 0 Å². The van der Waals surface area contributed by atoms with Gasteiger partial charge >= 0.3 is 0 Å². The molecule has 3 N–H and O–H groups in total. The highest BCUT2D eigenvalue weighted by Crippen LogP contribution is 2.29. The van der Waals surface area contributed by atoms with Crippen LogP contribution in [0.4, 0.5) is 25.8 Å². The number of nitrogens with two attached hydrogens (primary N) is 1. The number of halogens is 2. The number of hydrogen-bond acceptors (Lipinski definition) is 3. The van der Waals surface area contributed by atoms with Crippen molar-refractivity contribution in [2.75, 3.05) is 11.1 Å². The molecule has 1 aromatic heterocycles. The lowest BCUT2D eigenvalue weighted by Gasteiger charge is -2.10. The van der Waals surface area contributed by atoms with E-state index in [0.29, 0.717) is 0 Å². The van der Waals surface area contributed by atoms with Gasteiger partial charge in [-0.3, -0.25) is 0 Å². The number of rotatable bonds is 2. The highest BCUT2D eigenvalue weighted by atomic mass is 32.1. The molecule has 0 saturated carbocycles. The van der Waals surface area contributed by atoms with Gasteiger partial charge in [-0.2, -0.15) is 0 Å². The number of benzene rings is 2. The van der Waals surface area contributed by atoms with Crippen LogP contribution in [0.25, 0.3) is 10.1 Å². The number of fused-ring (bicyclic) bond motifs is 1. The third kappa shape index (κ3) is 2.24. The van der Waals surface area contributed by atoms with E-state index in [1.807, 2.05) is 29.6 Å². The maximum atomic E-state index is 13.3. The van der Waals surface area contributed by atoms with Crippen molar-refractivity contribution in [2.45, 2.75) is 0 Å². The van der Waals surface area contributed by atoms with Gasteiger partial charge < -0.3 is 11.1 Å². The molecule has 96 valence electrons. The molecule has 19 heavy (non-hydrogen) atoms. The zero-order chi connectivity index (χ0) is 13.4. The lowest BCUT2D eigenvalue weighted by molar-refractivity contribution is 0.587. The summed E-state index contributed by atoms with van der Waals surface area (Å²) in [7, 11) is 0. The average molecular weight is 276 g/mol. The Morgan fingerprint density at radius 3 is 2.74 bits per heavy atom. The summed E-state index contributed by atoms with van der Waals surface area (Å²) in [6, 6.07) is 9.64. The number of thiophene rings is 1. The second-order valence-corrected chi connectivity index (χ2v) is 5.09. The van der Waals surface area contributed by atoms with Gasteiger partial charge in [-0.05, 0) is 41.1 Å². The molecule has 1 heterocycles. The first-order chi connectivity index (χ1) is 9.13. The Balaban J connectivity index is 2.00. The first kappa shape index (κ1) is 11.9. The van der Waals surface area contributed by atoms with Gasteiger partial charge in [0.2, 0.25) is 0 Å². The molecule has 0 aliphatic rings. The second kappa shape index (κ2) is 4.51. The zero-order valence-electron chi connectivity index (χ0n) is 9.78. The van der Waals surface area contributed by atoms with Crippen LogP contribution in [0.3, 0.4) is 0 Å². The molecule has 0 fully saturated rings. The van der Waals surface area contributed by atoms with Crippen LogP contribution in [-0.4, -0.2) is 0 Å². The summed E-state index contributed by atoms with van der Waals surface area (Å²) in [5.74, 6) is -1.43. The van der Waals surface area contributed by atoms with E-state index >= 15 is 0 Å². The fraction of sp³-hybridized carbons (Fsp3) is 0. The minimum absolute atomic E-state index is 0.0909. The van der Waals surface area contributed by atoms with Crippen LogP contribution in [0.5, 0.6) is 0 Å². The van der Waals surface area contributed by atoms with Crippen molar-refractivity contribution in [3.05, 3.63) is 53.4 Å². The van der Waals surface area contributed by atoms with E-state index in [1.165, 1.54) is 6.07 Å². The second-order valence-electron chi connectivity index (χ2n) is 4.15. The van der Waals surface area contributed by atoms with Crippen LogP contribution < -0.4 is 11.1 Å². The molecular formula is C14H10F2N2S. The van der Waals surface area contributed by atoms with Gasteiger partial charge in [-0.15, -0.1) is 11.3 Å². The molecule has 2 aromatic carbocycles. The highest BCUT2D eigenvalue weighted by molar-refractivity contribution is 7.17. The molecule has 0 bridgehead atoms.